The maximum Gasteiger partial charge on any atom is 0.226 e. The molecule has 17 heavy (non-hydrogen) atoms. The quantitative estimate of drug-likeness (QED) is 0.857. The van der Waals surface area contributed by atoms with Crippen LogP contribution in [-0.2, 0) is 11.2 Å². The number of likely N-dealkylation sites (tertiary alicyclic amines) is 1. The number of hydrogen-bond donors (Lipinski definition) is 1. The van der Waals surface area contributed by atoms with Crippen LogP contribution in [0.4, 0.5) is 0 Å². The molecule has 1 aromatic rings. The SMILES string of the molecule is NCC1CCCN(C(=O)Cc2ccccc2)C1. The number of benzene rings is 1. The van der Waals surface area contributed by atoms with Crippen LogP contribution in [0.25, 0.3) is 0 Å². The van der Waals surface area contributed by atoms with Gasteiger partial charge in [0.25, 0.3) is 0 Å². The summed E-state index contributed by atoms with van der Waals surface area (Å²) < 4.78 is 0. The summed E-state index contributed by atoms with van der Waals surface area (Å²) in [7, 11) is 0. The minimum absolute atomic E-state index is 0.231. The van der Waals surface area contributed by atoms with Gasteiger partial charge in [-0.1, -0.05) is 30.3 Å². The van der Waals surface area contributed by atoms with E-state index in [1.165, 1.54) is 0 Å². The first-order valence-electron chi connectivity index (χ1n) is 6.31. The molecule has 1 fully saturated rings. The average Bonchev–Trinajstić information content (AvgIpc) is 2.40. The summed E-state index contributed by atoms with van der Waals surface area (Å²) in [6, 6.07) is 9.92. The second-order valence-corrected chi connectivity index (χ2v) is 4.75. The third-order valence-electron chi connectivity index (χ3n) is 3.40. The largest absolute Gasteiger partial charge is 0.342 e. The van der Waals surface area contributed by atoms with E-state index in [1.807, 2.05) is 35.2 Å². The molecule has 0 bridgehead atoms. The van der Waals surface area contributed by atoms with Crippen LogP contribution in [0.1, 0.15) is 18.4 Å². The molecule has 1 unspecified atom stereocenters. The van der Waals surface area contributed by atoms with Crippen molar-refractivity contribution in [2.75, 3.05) is 19.6 Å². The summed E-state index contributed by atoms with van der Waals surface area (Å²) in [6.07, 6.45) is 2.76. The highest BCUT2D eigenvalue weighted by molar-refractivity contribution is 5.78. The van der Waals surface area contributed by atoms with Crippen LogP contribution in [-0.4, -0.2) is 30.4 Å². The number of rotatable bonds is 3. The van der Waals surface area contributed by atoms with Gasteiger partial charge in [0.15, 0.2) is 0 Å². The summed E-state index contributed by atoms with van der Waals surface area (Å²) in [5.41, 5.74) is 6.77. The van der Waals surface area contributed by atoms with Crippen molar-refractivity contribution in [3.63, 3.8) is 0 Å². The molecule has 1 aliphatic rings. The van der Waals surface area contributed by atoms with Crippen LogP contribution >= 0.6 is 0 Å². The van der Waals surface area contributed by atoms with Gasteiger partial charge in [0.05, 0.1) is 6.42 Å². The summed E-state index contributed by atoms with van der Waals surface area (Å²) in [5.74, 6) is 0.720. The first-order valence-corrected chi connectivity index (χ1v) is 6.31. The van der Waals surface area contributed by atoms with Crippen LogP contribution in [0.5, 0.6) is 0 Å². The Morgan fingerprint density at radius 1 is 1.35 bits per heavy atom. The van der Waals surface area contributed by atoms with Crippen molar-refractivity contribution < 1.29 is 4.79 Å². The van der Waals surface area contributed by atoms with E-state index in [2.05, 4.69) is 0 Å². The van der Waals surface area contributed by atoms with Crippen molar-refractivity contribution in [3.05, 3.63) is 35.9 Å². The fourth-order valence-electron chi connectivity index (χ4n) is 2.37. The van der Waals surface area contributed by atoms with Gasteiger partial charge < -0.3 is 10.6 Å². The maximum absolute atomic E-state index is 12.1. The summed E-state index contributed by atoms with van der Waals surface area (Å²) in [4.78, 5) is 14.1. The van der Waals surface area contributed by atoms with Crippen molar-refractivity contribution in [1.29, 1.82) is 0 Å². The first kappa shape index (κ1) is 12.1. The molecule has 1 amide bonds. The van der Waals surface area contributed by atoms with Gasteiger partial charge in [-0.15, -0.1) is 0 Å². The Labute approximate surface area is 103 Å². The molecule has 1 aromatic carbocycles. The Bertz CT molecular complexity index is 364. The Kier molecular flexibility index (Phi) is 4.15. The molecule has 0 radical (unpaired) electrons. The lowest BCUT2D eigenvalue weighted by Gasteiger charge is -2.32. The molecule has 0 aromatic heterocycles. The number of nitrogens with zero attached hydrogens (tertiary/aromatic N) is 1. The third-order valence-corrected chi connectivity index (χ3v) is 3.40. The zero-order valence-electron chi connectivity index (χ0n) is 10.1. The molecule has 0 aliphatic carbocycles. The van der Waals surface area contributed by atoms with E-state index in [9.17, 15) is 4.79 Å². The number of piperidine rings is 1. The number of carbonyl (C=O) groups is 1. The highest BCUT2D eigenvalue weighted by Gasteiger charge is 2.22. The molecular formula is C14H20N2O. The minimum Gasteiger partial charge on any atom is -0.342 e. The predicted molar refractivity (Wildman–Crippen MR) is 68.5 cm³/mol. The molecule has 3 heteroatoms. The second kappa shape index (κ2) is 5.82. The van der Waals surface area contributed by atoms with E-state index in [4.69, 9.17) is 5.73 Å². The molecule has 1 heterocycles. The monoisotopic (exact) mass is 232 g/mol. The minimum atomic E-state index is 0.231. The van der Waals surface area contributed by atoms with Gasteiger partial charge in [-0.05, 0) is 30.9 Å². The van der Waals surface area contributed by atoms with Gasteiger partial charge in [0.1, 0.15) is 0 Å². The van der Waals surface area contributed by atoms with Crippen LogP contribution in [0.3, 0.4) is 0 Å². The lowest BCUT2D eigenvalue weighted by Crippen LogP contribution is -2.42. The summed E-state index contributed by atoms with van der Waals surface area (Å²) in [6.45, 7) is 2.42. The summed E-state index contributed by atoms with van der Waals surface area (Å²) in [5, 5.41) is 0. The maximum atomic E-state index is 12.1. The van der Waals surface area contributed by atoms with Crippen molar-refractivity contribution >= 4 is 5.91 Å². The Morgan fingerprint density at radius 2 is 2.12 bits per heavy atom. The van der Waals surface area contributed by atoms with Crippen LogP contribution in [0.2, 0.25) is 0 Å². The molecule has 1 aliphatic heterocycles. The average molecular weight is 232 g/mol. The van der Waals surface area contributed by atoms with Gasteiger partial charge in [-0.25, -0.2) is 0 Å². The van der Waals surface area contributed by atoms with Crippen molar-refractivity contribution in [3.8, 4) is 0 Å². The van der Waals surface area contributed by atoms with E-state index in [0.717, 1.165) is 31.5 Å². The molecular weight excluding hydrogens is 212 g/mol. The smallest absolute Gasteiger partial charge is 0.226 e. The van der Waals surface area contributed by atoms with Gasteiger partial charge in [0, 0.05) is 13.1 Å². The highest BCUT2D eigenvalue weighted by atomic mass is 16.2. The van der Waals surface area contributed by atoms with E-state index in [-0.39, 0.29) is 5.91 Å². The highest BCUT2D eigenvalue weighted by Crippen LogP contribution is 2.16. The van der Waals surface area contributed by atoms with Crippen LogP contribution in [0.15, 0.2) is 30.3 Å². The topological polar surface area (TPSA) is 46.3 Å². The molecule has 2 N–H and O–H groups in total. The Hall–Kier alpha value is -1.35. The molecule has 0 spiro atoms. The van der Waals surface area contributed by atoms with Crippen LogP contribution < -0.4 is 5.73 Å². The van der Waals surface area contributed by atoms with Gasteiger partial charge in [-0.2, -0.15) is 0 Å². The van der Waals surface area contributed by atoms with Gasteiger partial charge in [-0.3, -0.25) is 4.79 Å². The Balaban J connectivity index is 1.91. The van der Waals surface area contributed by atoms with Crippen molar-refractivity contribution in [2.45, 2.75) is 19.3 Å². The second-order valence-electron chi connectivity index (χ2n) is 4.75. The lowest BCUT2D eigenvalue weighted by atomic mass is 9.97. The van der Waals surface area contributed by atoms with Gasteiger partial charge in [0.2, 0.25) is 5.91 Å². The number of carbonyl (C=O) groups excluding carboxylic acids is 1. The van der Waals surface area contributed by atoms with Crippen molar-refractivity contribution in [1.82, 2.24) is 4.90 Å². The number of hydrogen-bond acceptors (Lipinski definition) is 2. The lowest BCUT2D eigenvalue weighted by molar-refractivity contribution is -0.132. The van der Waals surface area contributed by atoms with E-state index < -0.39 is 0 Å². The van der Waals surface area contributed by atoms with Crippen molar-refractivity contribution in [2.24, 2.45) is 11.7 Å². The summed E-state index contributed by atoms with van der Waals surface area (Å²) >= 11 is 0. The fraction of sp³-hybridized carbons (Fsp3) is 0.500. The third kappa shape index (κ3) is 3.30. The molecule has 0 saturated carbocycles. The molecule has 1 atom stereocenters. The molecule has 2 rings (SSSR count). The van der Waals surface area contributed by atoms with E-state index in [1.54, 1.807) is 0 Å². The first-order chi connectivity index (χ1) is 8.29. The molecule has 1 saturated heterocycles. The zero-order chi connectivity index (χ0) is 12.1. The Morgan fingerprint density at radius 3 is 2.82 bits per heavy atom. The normalized spacial score (nSPS) is 20.3. The standard InChI is InChI=1S/C14H20N2O/c15-10-13-7-4-8-16(11-13)14(17)9-12-5-2-1-3-6-12/h1-3,5-6,13H,4,7-11,15H2. The molecule has 92 valence electrons. The predicted octanol–water partition coefficient (Wildman–Crippen LogP) is 1.43. The van der Waals surface area contributed by atoms with Gasteiger partial charge >= 0.3 is 0 Å². The molecule has 3 nitrogen and oxygen atoms in total. The fourth-order valence-corrected chi connectivity index (χ4v) is 2.37. The van der Waals surface area contributed by atoms with E-state index >= 15 is 0 Å². The van der Waals surface area contributed by atoms with E-state index in [0.29, 0.717) is 18.9 Å². The zero-order valence-corrected chi connectivity index (χ0v) is 10.1. The van der Waals surface area contributed by atoms with Crippen LogP contribution in [0, 0.1) is 5.92 Å². The number of nitrogens with two attached hydrogens (primary N) is 1. The number of amides is 1.